The van der Waals surface area contributed by atoms with E-state index in [0.29, 0.717) is 31.4 Å². The van der Waals surface area contributed by atoms with Crippen LogP contribution in [0.25, 0.3) is 5.69 Å². The second-order valence-corrected chi connectivity index (χ2v) is 10.7. The number of hydrogen-bond donors (Lipinski definition) is 4. The number of carbonyl (C=O) groups excluding carboxylic acids is 2. The third kappa shape index (κ3) is 5.34. The number of anilines is 1. The van der Waals surface area contributed by atoms with Crippen molar-refractivity contribution in [2.75, 3.05) is 5.32 Å². The second kappa shape index (κ2) is 9.47. The summed E-state index contributed by atoms with van der Waals surface area (Å²) in [5.41, 5.74) is 10.1. The SMILES string of the molecule is CC1(C)CC(=O)c2c(C(F)(F)F)nn(-c3ccc(C(N)=O)c(NC4CCC([C@@H](N)C(=O)O)CC4)c3)c2C1. The van der Waals surface area contributed by atoms with Gasteiger partial charge >= 0.3 is 12.1 Å². The Labute approximate surface area is 211 Å². The summed E-state index contributed by atoms with van der Waals surface area (Å²) in [6.07, 6.45) is -2.30. The van der Waals surface area contributed by atoms with Crippen molar-refractivity contribution in [2.45, 2.75) is 70.6 Å². The minimum absolute atomic E-state index is 0.0175. The summed E-state index contributed by atoms with van der Waals surface area (Å²) in [7, 11) is 0. The van der Waals surface area contributed by atoms with E-state index in [2.05, 4.69) is 10.4 Å². The van der Waals surface area contributed by atoms with Gasteiger partial charge in [-0.1, -0.05) is 13.8 Å². The molecule has 6 N–H and O–H groups in total. The van der Waals surface area contributed by atoms with E-state index < -0.39 is 46.6 Å². The van der Waals surface area contributed by atoms with E-state index in [1.807, 2.05) is 13.8 Å². The Morgan fingerprint density at radius 3 is 2.41 bits per heavy atom. The summed E-state index contributed by atoms with van der Waals surface area (Å²) in [6.45, 7) is 3.63. The molecule has 0 spiro atoms. The molecule has 1 heterocycles. The number of halogens is 3. The first kappa shape index (κ1) is 26.6. The van der Waals surface area contributed by atoms with Crippen molar-refractivity contribution in [3.8, 4) is 5.69 Å². The molecule has 2 aliphatic carbocycles. The highest BCUT2D eigenvalue weighted by Crippen LogP contribution is 2.42. The predicted molar refractivity (Wildman–Crippen MR) is 128 cm³/mol. The fourth-order valence-electron chi connectivity index (χ4n) is 5.40. The number of rotatable bonds is 6. The molecular formula is C25H30F3N5O4. The predicted octanol–water partition coefficient (Wildman–Crippen LogP) is 3.53. The lowest BCUT2D eigenvalue weighted by Gasteiger charge is -2.32. The van der Waals surface area contributed by atoms with Crippen LogP contribution in [0.1, 0.15) is 78.1 Å². The van der Waals surface area contributed by atoms with Crippen LogP contribution in [0.15, 0.2) is 18.2 Å². The van der Waals surface area contributed by atoms with Crippen LogP contribution >= 0.6 is 0 Å². The van der Waals surface area contributed by atoms with E-state index in [0.717, 1.165) is 4.68 Å². The normalized spacial score (nSPS) is 22.3. The van der Waals surface area contributed by atoms with E-state index in [-0.39, 0.29) is 41.7 Å². The van der Waals surface area contributed by atoms with Gasteiger partial charge in [0.2, 0.25) is 0 Å². The highest BCUT2D eigenvalue weighted by atomic mass is 19.4. The Morgan fingerprint density at radius 2 is 1.84 bits per heavy atom. The van der Waals surface area contributed by atoms with Gasteiger partial charge in [0.15, 0.2) is 11.5 Å². The quantitative estimate of drug-likeness (QED) is 0.454. The summed E-state index contributed by atoms with van der Waals surface area (Å²) >= 11 is 0. The number of ketones is 1. The van der Waals surface area contributed by atoms with Gasteiger partial charge in [0.25, 0.3) is 5.91 Å². The number of nitrogens with one attached hydrogen (secondary N) is 1. The number of aliphatic carboxylic acids is 1. The molecule has 1 atom stereocenters. The molecule has 1 fully saturated rings. The lowest BCUT2D eigenvalue weighted by Crippen LogP contribution is -2.41. The lowest BCUT2D eigenvalue weighted by atomic mass is 9.75. The van der Waals surface area contributed by atoms with Crippen molar-refractivity contribution in [1.29, 1.82) is 0 Å². The number of fused-ring (bicyclic) bond motifs is 1. The third-order valence-electron chi connectivity index (χ3n) is 7.25. The Hall–Kier alpha value is -3.41. The average Bonchev–Trinajstić information content (AvgIpc) is 3.18. The molecule has 0 saturated heterocycles. The molecule has 4 rings (SSSR count). The summed E-state index contributed by atoms with van der Waals surface area (Å²) in [6, 6.07) is 3.31. The maximum Gasteiger partial charge on any atom is 0.435 e. The summed E-state index contributed by atoms with van der Waals surface area (Å²) in [4.78, 5) is 36.0. The number of Topliss-reactive ketones (excluding diaryl/α,β-unsaturated/α-hetero) is 1. The Kier molecular flexibility index (Phi) is 6.82. The zero-order valence-electron chi connectivity index (χ0n) is 20.6. The van der Waals surface area contributed by atoms with Crippen LogP contribution in [0.5, 0.6) is 0 Å². The van der Waals surface area contributed by atoms with Crippen LogP contribution < -0.4 is 16.8 Å². The monoisotopic (exact) mass is 521 g/mol. The van der Waals surface area contributed by atoms with E-state index in [1.165, 1.54) is 18.2 Å². The summed E-state index contributed by atoms with van der Waals surface area (Å²) < 4.78 is 42.6. The number of carboxylic acid groups (broad SMARTS) is 1. The first-order valence-electron chi connectivity index (χ1n) is 12.1. The fourth-order valence-corrected chi connectivity index (χ4v) is 5.40. The Balaban J connectivity index is 1.70. The molecule has 0 radical (unpaired) electrons. The lowest BCUT2D eigenvalue weighted by molar-refractivity contribution is -0.142. The highest BCUT2D eigenvalue weighted by molar-refractivity contribution is 6.00. The van der Waals surface area contributed by atoms with E-state index in [1.54, 1.807) is 0 Å². The van der Waals surface area contributed by atoms with Gasteiger partial charge < -0.3 is 21.9 Å². The molecule has 200 valence electrons. The van der Waals surface area contributed by atoms with Crippen LogP contribution in [0.2, 0.25) is 0 Å². The number of nitrogens with two attached hydrogens (primary N) is 2. The molecule has 1 saturated carbocycles. The van der Waals surface area contributed by atoms with Crippen LogP contribution in [0, 0.1) is 11.3 Å². The van der Waals surface area contributed by atoms with Crippen molar-refractivity contribution in [1.82, 2.24) is 9.78 Å². The van der Waals surface area contributed by atoms with E-state index >= 15 is 0 Å². The number of aromatic nitrogens is 2. The van der Waals surface area contributed by atoms with Gasteiger partial charge in [-0.25, -0.2) is 4.68 Å². The Morgan fingerprint density at radius 1 is 1.19 bits per heavy atom. The number of carbonyl (C=O) groups is 3. The number of amides is 1. The molecular weight excluding hydrogens is 491 g/mol. The van der Waals surface area contributed by atoms with Crippen molar-refractivity contribution in [3.63, 3.8) is 0 Å². The molecule has 2 aliphatic rings. The van der Waals surface area contributed by atoms with Gasteiger partial charge in [0, 0.05) is 18.2 Å². The molecule has 1 amide bonds. The first-order chi connectivity index (χ1) is 17.2. The standard InChI is InChI=1S/C25H30F3N5O4/c1-24(2)10-17-19(18(34)11-24)21(25(26,27)28)32-33(17)14-7-8-15(22(30)35)16(9-14)31-13-5-3-12(4-6-13)20(29)23(36)37/h7-9,12-13,20,31H,3-6,10-11,29H2,1-2H3,(H2,30,35)(H,36,37)/t12?,13?,20-/m1/s1. The molecule has 37 heavy (non-hydrogen) atoms. The van der Waals surface area contributed by atoms with Gasteiger partial charge in [-0.05, 0) is 61.6 Å². The van der Waals surface area contributed by atoms with Gasteiger partial charge in [-0.2, -0.15) is 18.3 Å². The van der Waals surface area contributed by atoms with Crippen molar-refractivity contribution in [3.05, 3.63) is 40.7 Å². The molecule has 0 bridgehead atoms. The van der Waals surface area contributed by atoms with E-state index in [4.69, 9.17) is 16.6 Å². The number of alkyl halides is 3. The number of benzene rings is 1. The van der Waals surface area contributed by atoms with Crippen LogP contribution in [-0.2, 0) is 17.4 Å². The molecule has 0 unspecified atom stereocenters. The largest absolute Gasteiger partial charge is 0.480 e. The smallest absolute Gasteiger partial charge is 0.435 e. The molecule has 12 heteroatoms. The first-order valence-corrected chi connectivity index (χ1v) is 12.1. The molecule has 9 nitrogen and oxygen atoms in total. The minimum atomic E-state index is -4.81. The van der Waals surface area contributed by atoms with Gasteiger partial charge in [-0.3, -0.25) is 14.4 Å². The molecule has 1 aromatic heterocycles. The minimum Gasteiger partial charge on any atom is -0.480 e. The van der Waals surface area contributed by atoms with Crippen molar-refractivity contribution < 1.29 is 32.7 Å². The zero-order valence-corrected chi connectivity index (χ0v) is 20.6. The van der Waals surface area contributed by atoms with Crippen LogP contribution in [0.4, 0.5) is 18.9 Å². The molecule has 2 aromatic rings. The topological polar surface area (TPSA) is 153 Å². The number of carboxylic acids is 1. The van der Waals surface area contributed by atoms with E-state index in [9.17, 15) is 27.6 Å². The average molecular weight is 522 g/mol. The third-order valence-corrected chi connectivity index (χ3v) is 7.25. The van der Waals surface area contributed by atoms with Crippen LogP contribution in [0.3, 0.4) is 0 Å². The van der Waals surface area contributed by atoms with Gasteiger partial charge in [0.1, 0.15) is 6.04 Å². The van der Waals surface area contributed by atoms with Gasteiger partial charge in [0.05, 0.1) is 22.5 Å². The number of primary amides is 1. The van der Waals surface area contributed by atoms with Crippen molar-refractivity contribution in [2.24, 2.45) is 22.8 Å². The Bertz CT molecular complexity index is 1250. The van der Waals surface area contributed by atoms with Crippen LogP contribution in [-0.4, -0.2) is 44.6 Å². The molecule has 0 aliphatic heterocycles. The maximum absolute atomic E-state index is 13.8. The zero-order chi connectivity index (χ0) is 27.3. The summed E-state index contributed by atoms with van der Waals surface area (Å²) in [5.74, 6) is -2.55. The van der Waals surface area contributed by atoms with Gasteiger partial charge in [-0.15, -0.1) is 0 Å². The van der Waals surface area contributed by atoms with Crippen molar-refractivity contribution >= 4 is 23.3 Å². The number of hydrogen-bond acceptors (Lipinski definition) is 6. The second-order valence-electron chi connectivity index (χ2n) is 10.7. The summed E-state index contributed by atoms with van der Waals surface area (Å²) in [5, 5.41) is 16.2. The fraction of sp³-hybridized carbons (Fsp3) is 0.520. The molecule has 1 aromatic carbocycles. The maximum atomic E-state index is 13.8. The highest BCUT2D eigenvalue weighted by Gasteiger charge is 2.45. The number of nitrogens with zero attached hydrogens (tertiary/aromatic N) is 2.